The average Bonchev–Trinajstić information content (AvgIpc) is 3.13. The number of halogens is 2. The molecule has 5 nitrogen and oxygen atoms in total. The van der Waals surface area contributed by atoms with E-state index in [4.69, 9.17) is 0 Å². The Morgan fingerprint density at radius 2 is 1.86 bits per heavy atom. The fourth-order valence-electron chi connectivity index (χ4n) is 3.22. The summed E-state index contributed by atoms with van der Waals surface area (Å²) < 4.78 is 13.4. The minimum Gasteiger partial charge on any atom is -0.357 e. The lowest BCUT2D eigenvalue weighted by molar-refractivity contribution is -0.117. The molecule has 1 heterocycles. The van der Waals surface area contributed by atoms with E-state index in [0.29, 0.717) is 31.0 Å². The smallest absolute Gasteiger partial charge is 0.227 e. The zero-order valence-electron chi connectivity index (χ0n) is 16.9. The Hall–Kier alpha value is -2.16. The first kappa shape index (κ1) is 23.1. The molecule has 3 rings (SSSR count). The van der Waals surface area contributed by atoms with Crippen LogP contribution in [0.4, 0.5) is 10.1 Å². The van der Waals surface area contributed by atoms with E-state index in [9.17, 15) is 9.18 Å². The van der Waals surface area contributed by atoms with E-state index in [1.165, 1.54) is 6.07 Å². The number of benzene rings is 2. The molecule has 0 bridgehead atoms. The average molecular weight is 510 g/mol. The molecule has 1 aliphatic heterocycles. The predicted octanol–water partition coefficient (Wildman–Crippen LogP) is 4.13. The molecule has 0 atom stereocenters. The molecular weight excluding hydrogens is 482 g/mol. The van der Waals surface area contributed by atoms with Crippen LogP contribution in [0.3, 0.4) is 0 Å². The van der Waals surface area contributed by atoms with Crippen molar-refractivity contribution in [3.8, 4) is 0 Å². The third-order valence-corrected chi connectivity index (χ3v) is 4.77. The summed E-state index contributed by atoms with van der Waals surface area (Å²) in [5, 5.41) is 6.54. The van der Waals surface area contributed by atoms with E-state index >= 15 is 0 Å². The Bertz CT molecular complexity index is 854. The first-order valence-electron chi connectivity index (χ1n) is 9.73. The van der Waals surface area contributed by atoms with E-state index in [2.05, 4.69) is 15.6 Å². The van der Waals surface area contributed by atoms with Crippen LogP contribution >= 0.6 is 24.0 Å². The van der Waals surface area contributed by atoms with Gasteiger partial charge in [0.2, 0.25) is 5.91 Å². The Balaban J connectivity index is 0.00000300. The summed E-state index contributed by atoms with van der Waals surface area (Å²) in [7, 11) is 0. The quantitative estimate of drug-likeness (QED) is 0.349. The lowest BCUT2D eigenvalue weighted by Gasteiger charge is -2.16. The van der Waals surface area contributed by atoms with Crippen LogP contribution in [0.1, 0.15) is 36.5 Å². The number of nitrogens with one attached hydrogen (secondary N) is 2. The zero-order chi connectivity index (χ0) is 19.9. The van der Waals surface area contributed by atoms with Gasteiger partial charge in [-0.05, 0) is 55.2 Å². The highest BCUT2D eigenvalue weighted by Crippen LogP contribution is 2.21. The maximum Gasteiger partial charge on any atom is 0.227 e. The Morgan fingerprint density at radius 1 is 1.14 bits per heavy atom. The summed E-state index contributed by atoms with van der Waals surface area (Å²) in [6.07, 6.45) is 1.57. The maximum absolute atomic E-state index is 13.4. The summed E-state index contributed by atoms with van der Waals surface area (Å²) in [5.41, 5.74) is 3.66. The van der Waals surface area contributed by atoms with Crippen molar-refractivity contribution in [1.29, 1.82) is 0 Å². The molecular formula is C22H28FIN4O. The lowest BCUT2D eigenvalue weighted by atomic mass is 10.1. The summed E-state index contributed by atoms with van der Waals surface area (Å²) in [4.78, 5) is 18.3. The summed E-state index contributed by atoms with van der Waals surface area (Å²) >= 11 is 0. The number of carbonyl (C=O) groups is 1. The molecule has 1 fully saturated rings. The predicted molar refractivity (Wildman–Crippen MR) is 126 cm³/mol. The van der Waals surface area contributed by atoms with Crippen LogP contribution in [-0.4, -0.2) is 25.0 Å². The van der Waals surface area contributed by atoms with Gasteiger partial charge >= 0.3 is 0 Å². The van der Waals surface area contributed by atoms with E-state index in [0.717, 1.165) is 36.3 Å². The molecule has 0 spiro atoms. The highest BCUT2D eigenvalue weighted by molar-refractivity contribution is 14.0. The maximum atomic E-state index is 13.4. The molecule has 0 aromatic heterocycles. The topological polar surface area (TPSA) is 56.7 Å². The summed E-state index contributed by atoms with van der Waals surface area (Å²) in [6, 6.07) is 13.1. The van der Waals surface area contributed by atoms with Gasteiger partial charge in [-0.15, -0.1) is 24.0 Å². The van der Waals surface area contributed by atoms with Crippen LogP contribution in [0.15, 0.2) is 47.5 Å². The number of hydrogen-bond donors (Lipinski definition) is 2. The van der Waals surface area contributed by atoms with Gasteiger partial charge in [-0.1, -0.05) is 24.3 Å². The third kappa shape index (κ3) is 6.42. The van der Waals surface area contributed by atoms with Crippen LogP contribution in [0.5, 0.6) is 0 Å². The van der Waals surface area contributed by atoms with Crippen LogP contribution in [-0.2, 0) is 17.9 Å². The lowest BCUT2D eigenvalue weighted by Crippen LogP contribution is -2.36. The second-order valence-electron chi connectivity index (χ2n) is 6.95. The van der Waals surface area contributed by atoms with Crippen molar-refractivity contribution in [2.75, 3.05) is 18.0 Å². The fourth-order valence-corrected chi connectivity index (χ4v) is 3.22. The summed E-state index contributed by atoms with van der Waals surface area (Å²) in [6.45, 7) is 6.43. The van der Waals surface area contributed by atoms with Crippen molar-refractivity contribution in [1.82, 2.24) is 10.6 Å². The number of amides is 1. The minimum atomic E-state index is -0.197. The minimum absolute atomic E-state index is 0. The molecule has 29 heavy (non-hydrogen) atoms. The van der Waals surface area contributed by atoms with E-state index in [1.807, 2.05) is 42.2 Å². The largest absolute Gasteiger partial charge is 0.357 e. The zero-order valence-corrected chi connectivity index (χ0v) is 19.2. The summed E-state index contributed by atoms with van der Waals surface area (Å²) in [5.74, 6) is 0.712. The SMILES string of the molecule is CCNC(=NCc1ccc(F)c(C)c1)NCc1ccc(N2CCCC2=O)cc1.I. The van der Waals surface area contributed by atoms with Crippen LogP contribution in [0.25, 0.3) is 0 Å². The van der Waals surface area contributed by atoms with Gasteiger partial charge in [0.15, 0.2) is 5.96 Å². The number of aryl methyl sites for hydroxylation is 1. The number of aliphatic imine (C=N–C) groups is 1. The Morgan fingerprint density at radius 3 is 2.48 bits per heavy atom. The van der Waals surface area contributed by atoms with Crippen molar-refractivity contribution in [3.05, 3.63) is 65.0 Å². The number of nitrogens with zero attached hydrogens (tertiary/aromatic N) is 2. The molecule has 2 aromatic carbocycles. The Labute approximate surface area is 188 Å². The van der Waals surface area contributed by atoms with Crippen molar-refractivity contribution in [2.24, 2.45) is 4.99 Å². The second-order valence-corrected chi connectivity index (χ2v) is 6.95. The fraction of sp³-hybridized carbons (Fsp3) is 0.364. The van der Waals surface area contributed by atoms with Gasteiger partial charge in [-0.25, -0.2) is 9.38 Å². The van der Waals surface area contributed by atoms with Gasteiger partial charge < -0.3 is 15.5 Å². The van der Waals surface area contributed by atoms with Gasteiger partial charge in [-0.2, -0.15) is 0 Å². The molecule has 0 aliphatic carbocycles. The van der Waals surface area contributed by atoms with E-state index < -0.39 is 0 Å². The monoisotopic (exact) mass is 510 g/mol. The molecule has 2 aromatic rings. The second kappa shape index (κ2) is 11.1. The molecule has 1 saturated heterocycles. The highest BCUT2D eigenvalue weighted by Gasteiger charge is 2.21. The molecule has 1 amide bonds. The first-order valence-corrected chi connectivity index (χ1v) is 9.73. The van der Waals surface area contributed by atoms with E-state index in [1.54, 1.807) is 13.0 Å². The van der Waals surface area contributed by atoms with Gasteiger partial charge in [0.25, 0.3) is 0 Å². The molecule has 2 N–H and O–H groups in total. The molecule has 156 valence electrons. The molecule has 0 saturated carbocycles. The van der Waals surface area contributed by atoms with E-state index in [-0.39, 0.29) is 35.7 Å². The van der Waals surface area contributed by atoms with Crippen molar-refractivity contribution < 1.29 is 9.18 Å². The normalized spacial score (nSPS) is 14.0. The van der Waals surface area contributed by atoms with Crippen LogP contribution in [0, 0.1) is 12.7 Å². The third-order valence-electron chi connectivity index (χ3n) is 4.77. The molecule has 7 heteroatoms. The number of guanidine groups is 1. The standard InChI is InChI=1S/C22H27FN4O.HI/c1-3-24-22(26-15-18-8-11-20(23)16(2)13-18)25-14-17-6-9-19(10-7-17)27-12-4-5-21(27)28;/h6-11,13H,3-5,12,14-15H2,1-2H3,(H2,24,25,26);1H. The van der Waals surface area contributed by atoms with Gasteiger partial charge in [-0.3, -0.25) is 4.79 Å². The van der Waals surface area contributed by atoms with Gasteiger partial charge in [0.1, 0.15) is 5.82 Å². The molecule has 0 radical (unpaired) electrons. The highest BCUT2D eigenvalue weighted by atomic mass is 127. The van der Waals surface area contributed by atoms with Crippen molar-refractivity contribution in [2.45, 2.75) is 39.8 Å². The van der Waals surface area contributed by atoms with Gasteiger partial charge in [0.05, 0.1) is 6.54 Å². The Kier molecular flexibility index (Phi) is 8.88. The number of carbonyl (C=O) groups excluding carboxylic acids is 1. The number of rotatable bonds is 6. The van der Waals surface area contributed by atoms with Crippen molar-refractivity contribution in [3.63, 3.8) is 0 Å². The number of hydrogen-bond acceptors (Lipinski definition) is 2. The number of anilines is 1. The van der Waals surface area contributed by atoms with Crippen molar-refractivity contribution >= 4 is 41.5 Å². The molecule has 1 aliphatic rings. The van der Waals surface area contributed by atoms with Gasteiger partial charge in [0, 0.05) is 31.7 Å². The first-order chi connectivity index (χ1) is 13.6. The van der Waals surface area contributed by atoms with Crippen LogP contribution < -0.4 is 15.5 Å². The molecule has 0 unspecified atom stereocenters. The van der Waals surface area contributed by atoms with Crippen LogP contribution in [0.2, 0.25) is 0 Å².